The summed E-state index contributed by atoms with van der Waals surface area (Å²) in [5.74, 6) is 4.47. The number of nitrogens with one attached hydrogen (secondary N) is 4. The maximum absolute atomic E-state index is 13.6. The third-order valence-electron chi connectivity index (χ3n) is 6.51. The molecule has 0 heterocycles. The number of hydrogen-bond acceptors (Lipinski definition) is 9. The number of carbonyl (C=O) groups is 4. The molecule has 0 bridgehead atoms. The molecule has 0 aromatic heterocycles. The minimum atomic E-state index is -1.11. The standard InChI is InChI=1S/C31H45N5O6S2/c1-6-20(2)26(29(40)36-32)35-27(38)24(16-21-12-14-23(37)15-13-21)33-28(39)25(34-30(41)42-31(3,4)5)18-44-19-43-17-22-10-8-7-9-11-22/h7-15,20,24-26,37H,6,16-19,32H2,1-5H3,(H,33,39)(H,34,41)(H,35,38)(H,36,40)/t20-,24-,25-,26-/m0/s1. The number of rotatable bonds is 16. The Morgan fingerprint density at radius 1 is 0.864 bits per heavy atom. The predicted octanol–water partition coefficient (Wildman–Crippen LogP) is 3.46. The van der Waals surface area contributed by atoms with Crippen LogP contribution in [0, 0.1) is 5.92 Å². The lowest BCUT2D eigenvalue weighted by Gasteiger charge is -2.27. The largest absolute Gasteiger partial charge is 0.508 e. The van der Waals surface area contributed by atoms with Crippen LogP contribution < -0.4 is 27.2 Å². The number of alkyl carbamates (subject to hydrolysis) is 1. The number of hydrogen-bond donors (Lipinski definition) is 6. The van der Waals surface area contributed by atoms with E-state index >= 15 is 0 Å². The number of phenols is 1. The van der Waals surface area contributed by atoms with E-state index in [2.05, 4.69) is 21.4 Å². The number of nitrogens with two attached hydrogens (primary N) is 1. The molecule has 4 amide bonds. The first kappa shape index (κ1) is 36.8. The first-order chi connectivity index (χ1) is 20.8. The normalized spacial score (nSPS) is 14.0. The SMILES string of the molecule is CC[C@H](C)[C@H](NC(=O)[C@H](Cc1ccc(O)cc1)NC(=O)[C@H](CSCSCc1ccccc1)NC(=O)OC(C)(C)C)C(=O)NN. The van der Waals surface area contributed by atoms with Gasteiger partial charge >= 0.3 is 6.09 Å². The van der Waals surface area contributed by atoms with Gasteiger partial charge in [0, 0.05) is 23.0 Å². The van der Waals surface area contributed by atoms with E-state index in [1.165, 1.54) is 29.5 Å². The van der Waals surface area contributed by atoms with Gasteiger partial charge in [0.25, 0.3) is 5.91 Å². The summed E-state index contributed by atoms with van der Waals surface area (Å²) in [6.45, 7) is 8.85. The van der Waals surface area contributed by atoms with Gasteiger partial charge in [-0.05, 0) is 49.9 Å². The summed E-state index contributed by atoms with van der Waals surface area (Å²) in [5, 5.41) is 18.5. The van der Waals surface area contributed by atoms with Crippen molar-refractivity contribution in [2.24, 2.45) is 11.8 Å². The van der Waals surface area contributed by atoms with Crippen LogP contribution in [0.25, 0.3) is 0 Å². The second-order valence-corrected chi connectivity index (χ2v) is 13.7. The lowest BCUT2D eigenvalue weighted by Crippen LogP contribution is -2.59. The molecular formula is C31H45N5O6S2. The molecule has 0 radical (unpaired) electrons. The molecular weight excluding hydrogens is 603 g/mol. The summed E-state index contributed by atoms with van der Waals surface area (Å²) < 4.78 is 5.39. The Kier molecular flexibility index (Phi) is 15.4. The number of phenolic OH excluding ortho intramolecular Hbond substituents is 1. The molecule has 0 spiro atoms. The monoisotopic (exact) mass is 647 g/mol. The minimum Gasteiger partial charge on any atom is -0.508 e. The summed E-state index contributed by atoms with van der Waals surface area (Å²) in [6, 6.07) is 13.2. The molecule has 11 nitrogen and oxygen atoms in total. The molecule has 242 valence electrons. The molecule has 2 aromatic carbocycles. The van der Waals surface area contributed by atoms with Crippen LogP contribution in [0.3, 0.4) is 0 Å². The predicted molar refractivity (Wildman–Crippen MR) is 176 cm³/mol. The van der Waals surface area contributed by atoms with Crippen LogP contribution in [0.2, 0.25) is 0 Å². The molecule has 4 atom stereocenters. The van der Waals surface area contributed by atoms with Crippen LogP contribution in [0.5, 0.6) is 5.75 Å². The van der Waals surface area contributed by atoms with Crippen molar-refractivity contribution < 1.29 is 29.0 Å². The van der Waals surface area contributed by atoms with Gasteiger partial charge in [-0.25, -0.2) is 10.6 Å². The van der Waals surface area contributed by atoms with Gasteiger partial charge in [-0.15, -0.1) is 23.5 Å². The first-order valence-corrected chi connectivity index (χ1v) is 16.7. The second kappa shape index (κ2) is 18.4. The molecule has 2 aromatic rings. The summed E-state index contributed by atoms with van der Waals surface area (Å²) >= 11 is 3.15. The van der Waals surface area contributed by atoms with E-state index in [1.54, 1.807) is 44.7 Å². The van der Waals surface area contributed by atoms with Crippen molar-refractivity contribution in [3.8, 4) is 5.75 Å². The Bertz CT molecular complexity index is 1210. The van der Waals surface area contributed by atoms with Gasteiger partial charge in [0.15, 0.2) is 0 Å². The van der Waals surface area contributed by atoms with E-state index < -0.39 is 47.5 Å². The molecule has 0 aliphatic heterocycles. The molecule has 0 aliphatic carbocycles. The number of carbonyl (C=O) groups excluding carboxylic acids is 4. The molecule has 13 heteroatoms. The molecule has 7 N–H and O–H groups in total. The van der Waals surface area contributed by atoms with Crippen LogP contribution in [-0.4, -0.2) is 63.5 Å². The summed E-state index contributed by atoms with van der Waals surface area (Å²) in [5.41, 5.74) is 3.15. The third-order valence-corrected chi connectivity index (χ3v) is 8.95. The molecule has 0 unspecified atom stereocenters. The van der Waals surface area contributed by atoms with Crippen molar-refractivity contribution in [3.63, 3.8) is 0 Å². The zero-order chi connectivity index (χ0) is 32.7. The topological polar surface area (TPSA) is 172 Å². The molecule has 0 aliphatic rings. The maximum Gasteiger partial charge on any atom is 0.408 e. The van der Waals surface area contributed by atoms with Crippen LogP contribution in [0.15, 0.2) is 54.6 Å². The van der Waals surface area contributed by atoms with Crippen molar-refractivity contribution in [3.05, 3.63) is 65.7 Å². The quantitative estimate of drug-likeness (QED) is 0.0525. The van der Waals surface area contributed by atoms with Crippen LogP contribution in [0.4, 0.5) is 4.79 Å². The highest BCUT2D eigenvalue weighted by molar-refractivity contribution is 8.15. The van der Waals surface area contributed by atoms with Crippen molar-refractivity contribution in [1.29, 1.82) is 0 Å². The van der Waals surface area contributed by atoms with Gasteiger partial charge in [0.2, 0.25) is 11.8 Å². The summed E-state index contributed by atoms with van der Waals surface area (Å²) in [7, 11) is 0. The van der Waals surface area contributed by atoms with Gasteiger partial charge in [-0.1, -0.05) is 62.7 Å². The zero-order valence-electron chi connectivity index (χ0n) is 25.9. The fraction of sp³-hybridized carbons (Fsp3) is 0.484. The Morgan fingerprint density at radius 2 is 1.50 bits per heavy atom. The van der Waals surface area contributed by atoms with Gasteiger partial charge in [-0.2, -0.15) is 0 Å². The molecule has 0 saturated heterocycles. The van der Waals surface area contributed by atoms with Crippen molar-refractivity contribution >= 4 is 47.3 Å². The van der Waals surface area contributed by atoms with Crippen molar-refractivity contribution in [2.45, 2.75) is 76.9 Å². The van der Waals surface area contributed by atoms with Gasteiger partial charge in [0.1, 0.15) is 29.5 Å². The summed E-state index contributed by atoms with van der Waals surface area (Å²) in [6.07, 6.45) is -0.102. The number of thioether (sulfide) groups is 2. The van der Waals surface area contributed by atoms with Gasteiger partial charge in [0.05, 0.1) is 0 Å². The Labute approximate surface area is 268 Å². The average molecular weight is 648 g/mol. The lowest BCUT2D eigenvalue weighted by molar-refractivity contribution is -0.133. The lowest BCUT2D eigenvalue weighted by atomic mass is 9.97. The van der Waals surface area contributed by atoms with E-state index in [-0.39, 0.29) is 23.8 Å². The van der Waals surface area contributed by atoms with E-state index in [0.29, 0.717) is 17.1 Å². The van der Waals surface area contributed by atoms with Crippen molar-refractivity contribution in [1.82, 2.24) is 21.4 Å². The fourth-order valence-electron chi connectivity index (χ4n) is 3.99. The fourth-order valence-corrected chi connectivity index (χ4v) is 6.07. The van der Waals surface area contributed by atoms with Crippen LogP contribution in [0.1, 0.15) is 52.2 Å². The van der Waals surface area contributed by atoms with Crippen molar-refractivity contribution in [2.75, 3.05) is 10.8 Å². The third kappa shape index (κ3) is 13.5. The molecule has 2 rings (SSSR count). The Morgan fingerprint density at radius 3 is 2.09 bits per heavy atom. The smallest absolute Gasteiger partial charge is 0.408 e. The Hall–Kier alpha value is -3.42. The second-order valence-electron chi connectivity index (χ2n) is 11.3. The van der Waals surface area contributed by atoms with E-state index in [1.807, 2.05) is 44.2 Å². The average Bonchev–Trinajstić information content (AvgIpc) is 2.98. The summed E-state index contributed by atoms with van der Waals surface area (Å²) in [4.78, 5) is 52.3. The number of amides is 4. The first-order valence-electron chi connectivity index (χ1n) is 14.4. The van der Waals surface area contributed by atoms with E-state index in [4.69, 9.17) is 10.6 Å². The van der Waals surface area contributed by atoms with Crippen LogP contribution in [-0.2, 0) is 31.3 Å². The van der Waals surface area contributed by atoms with E-state index in [0.717, 1.165) is 5.75 Å². The molecule has 0 saturated carbocycles. The number of hydrazine groups is 1. The maximum atomic E-state index is 13.6. The minimum absolute atomic E-state index is 0.0547. The number of aromatic hydroxyl groups is 1. The van der Waals surface area contributed by atoms with E-state index in [9.17, 15) is 24.3 Å². The highest BCUT2D eigenvalue weighted by Crippen LogP contribution is 2.19. The van der Waals surface area contributed by atoms with Gasteiger partial charge < -0.3 is 25.8 Å². The Balaban J connectivity index is 2.22. The molecule has 44 heavy (non-hydrogen) atoms. The number of benzene rings is 2. The highest BCUT2D eigenvalue weighted by Gasteiger charge is 2.32. The van der Waals surface area contributed by atoms with Gasteiger partial charge in [-0.3, -0.25) is 19.8 Å². The molecule has 0 fully saturated rings. The zero-order valence-corrected chi connectivity index (χ0v) is 27.6. The number of ether oxygens (including phenoxy) is 1. The highest BCUT2D eigenvalue weighted by atomic mass is 32.2. The van der Waals surface area contributed by atoms with Crippen LogP contribution >= 0.6 is 23.5 Å².